The van der Waals surface area contributed by atoms with Crippen molar-refractivity contribution in [2.45, 2.75) is 69.6 Å². The van der Waals surface area contributed by atoms with Crippen LogP contribution in [0.2, 0.25) is 0 Å². The summed E-state index contributed by atoms with van der Waals surface area (Å²) in [6.45, 7) is 5.52. The highest BCUT2D eigenvalue weighted by molar-refractivity contribution is 7.86. The molecule has 176 valence electrons. The predicted molar refractivity (Wildman–Crippen MR) is 107 cm³/mol. The fourth-order valence-corrected chi connectivity index (χ4v) is 4.69. The molecule has 1 saturated carbocycles. The summed E-state index contributed by atoms with van der Waals surface area (Å²) in [4.78, 5) is 12.4. The number of carbonyl (C=O) groups excluding carboxylic acids is 1. The minimum atomic E-state index is -5.00. The number of urea groups is 1. The molecule has 1 aromatic rings. The van der Waals surface area contributed by atoms with Crippen molar-refractivity contribution in [2.75, 3.05) is 11.1 Å². The fraction of sp³-hybridized carbons (Fsp3) is 0.650. The van der Waals surface area contributed by atoms with Crippen LogP contribution in [-0.4, -0.2) is 26.8 Å². The van der Waals surface area contributed by atoms with Gasteiger partial charge in [0, 0.05) is 33.0 Å². The molecule has 1 fully saturated rings. The van der Waals surface area contributed by atoms with Crippen molar-refractivity contribution in [1.82, 2.24) is 5.32 Å². The second kappa shape index (κ2) is 9.38. The quantitative estimate of drug-likeness (QED) is 0.532. The van der Waals surface area contributed by atoms with Crippen molar-refractivity contribution >= 4 is 22.5 Å². The number of amides is 2. The van der Waals surface area contributed by atoms with Crippen molar-refractivity contribution in [1.29, 1.82) is 0 Å². The van der Waals surface area contributed by atoms with Gasteiger partial charge in [0.25, 0.3) is 0 Å². The van der Waals surface area contributed by atoms with Crippen molar-refractivity contribution in [3.05, 3.63) is 29.3 Å². The molecule has 2 N–H and O–H groups in total. The number of nitrogens with one attached hydrogen (secondary N) is 2. The van der Waals surface area contributed by atoms with Crippen LogP contribution in [0.1, 0.15) is 57.6 Å². The Kier molecular flexibility index (Phi) is 7.71. The standard InChI is InChI=1S/C20H26F6N2O2S/c1-18(2,3)31(30)11-12-6-4-5-7-16(12)28-17(29)27-15-9-13(19(21,22)23)8-14(10-15)20(24,25)26/h8-10,12,16H,4-7,11H2,1-3H3,(H2,27,28,29)/t12-,16+,31-/m0/s1. The van der Waals surface area contributed by atoms with E-state index in [2.05, 4.69) is 10.6 Å². The molecule has 0 aliphatic heterocycles. The molecule has 3 atom stereocenters. The molecule has 2 rings (SSSR count). The van der Waals surface area contributed by atoms with E-state index in [1.54, 1.807) is 0 Å². The number of hydrogen-bond donors (Lipinski definition) is 2. The Hall–Kier alpha value is -1.78. The van der Waals surface area contributed by atoms with Crippen LogP contribution in [0.4, 0.5) is 36.8 Å². The largest absolute Gasteiger partial charge is 0.416 e. The molecule has 11 heteroatoms. The van der Waals surface area contributed by atoms with E-state index in [1.807, 2.05) is 20.8 Å². The van der Waals surface area contributed by atoms with E-state index in [1.165, 1.54) is 0 Å². The van der Waals surface area contributed by atoms with Crippen molar-refractivity contribution in [2.24, 2.45) is 5.92 Å². The molecule has 1 aliphatic rings. The highest BCUT2D eigenvalue weighted by atomic mass is 32.2. The molecule has 0 unspecified atom stereocenters. The third-order valence-corrected chi connectivity index (χ3v) is 7.22. The van der Waals surface area contributed by atoms with Crippen LogP contribution in [0.25, 0.3) is 0 Å². The monoisotopic (exact) mass is 472 g/mol. The van der Waals surface area contributed by atoms with Gasteiger partial charge >= 0.3 is 18.4 Å². The van der Waals surface area contributed by atoms with Crippen LogP contribution >= 0.6 is 0 Å². The van der Waals surface area contributed by atoms with E-state index in [-0.39, 0.29) is 18.0 Å². The number of carbonyl (C=O) groups is 1. The minimum absolute atomic E-state index is 0.00205. The summed E-state index contributed by atoms with van der Waals surface area (Å²) in [5, 5.41) is 4.74. The summed E-state index contributed by atoms with van der Waals surface area (Å²) >= 11 is 0. The van der Waals surface area contributed by atoms with Crippen LogP contribution in [0.15, 0.2) is 18.2 Å². The highest BCUT2D eigenvalue weighted by Gasteiger charge is 2.37. The molecule has 2 amide bonds. The van der Waals surface area contributed by atoms with Crippen LogP contribution in [-0.2, 0) is 23.2 Å². The number of hydrogen-bond acceptors (Lipinski definition) is 2. The predicted octanol–water partition coefficient (Wildman–Crippen LogP) is 5.95. The lowest BCUT2D eigenvalue weighted by Gasteiger charge is -2.33. The number of alkyl halides is 6. The first-order chi connectivity index (χ1) is 14.1. The summed E-state index contributed by atoms with van der Waals surface area (Å²) in [6, 6.07) is -0.343. The smallest absolute Gasteiger partial charge is 0.335 e. The summed E-state index contributed by atoms with van der Waals surface area (Å²) < 4.78 is 90.0. The lowest BCUT2D eigenvalue weighted by atomic mass is 9.86. The molecular formula is C20H26F6N2O2S. The Balaban J connectivity index is 2.16. The van der Waals surface area contributed by atoms with E-state index in [0.717, 1.165) is 19.3 Å². The third-order valence-electron chi connectivity index (χ3n) is 5.12. The van der Waals surface area contributed by atoms with Gasteiger partial charge in [0.05, 0.1) is 11.1 Å². The maximum atomic E-state index is 13.0. The summed E-state index contributed by atoms with van der Waals surface area (Å²) in [6.07, 6.45) is -6.97. The molecule has 0 bridgehead atoms. The minimum Gasteiger partial charge on any atom is -0.335 e. The van der Waals surface area contributed by atoms with Gasteiger partial charge in [-0.1, -0.05) is 12.8 Å². The van der Waals surface area contributed by atoms with Gasteiger partial charge in [0.1, 0.15) is 0 Å². The van der Waals surface area contributed by atoms with E-state index < -0.39 is 50.7 Å². The topological polar surface area (TPSA) is 58.2 Å². The van der Waals surface area contributed by atoms with Gasteiger partial charge in [-0.05, 0) is 57.7 Å². The van der Waals surface area contributed by atoms with Gasteiger partial charge in [-0.15, -0.1) is 0 Å². The van der Waals surface area contributed by atoms with Crippen molar-refractivity contribution in [3.8, 4) is 0 Å². The van der Waals surface area contributed by atoms with Gasteiger partial charge in [-0.3, -0.25) is 4.21 Å². The fourth-order valence-electron chi connectivity index (χ4n) is 3.40. The number of rotatable bonds is 4. The Bertz CT molecular complexity index is 785. The van der Waals surface area contributed by atoms with Gasteiger partial charge in [0.15, 0.2) is 0 Å². The lowest BCUT2D eigenvalue weighted by Crippen LogP contribution is -2.46. The first-order valence-corrected chi connectivity index (χ1v) is 11.1. The number of halogens is 6. The first kappa shape index (κ1) is 25.5. The zero-order valence-electron chi connectivity index (χ0n) is 17.4. The maximum absolute atomic E-state index is 13.0. The van der Waals surface area contributed by atoms with Gasteiger partial charge in [-0.2, -0.15) is 26.3 Å². The van der Waals surface area contributed by atoms with E-state index >= 15 is 0 Å². The Labute approximate surface area is 179 Å². The third kappa shape index (κ3) is 7.40. The SMILES string of the molecule is CC(C)(C)[S@@](=O)C[C@@H]1CCCC[C@H]1NC(=O)Nc1cc(C(F)(F)F)cc(C(F)(F)F)c1. The summed E-state index contributed by atoms with van der Waals surface area (Å²) in [5.74, 6) is 0.266. The average molecular weight is 472 g/mol. The highest BCUT2D eigenvalue weighted by Crippen LogP contribution is 2.37. The number of anilines is 1. The van der Waals surface area contributed by atoms with Crippen molar-refractivity contribution in [3.63, 3.8) is 0 Å². The Morgan fingerprint density at radius 2 is 1.48 bits per heavy atom. The zero-order valence-corrected chi connectivity index (χ0v) is 18.2. The van der Waals surface area contributed by atoms with E-state index in [9.17, 15) is 35.3 Å². The zero-order chi connectivity index (χ0) is 23.6. The molecule has 31 heavy (non-hydrogen) atoms. The molecule has 1 aromatic carbocycles. The Morgan fingerprint density at radius 3 is 1.97 bits per heavy atom. The van der Waals surface area contributed by atoms with Gasteiger partial charge in [-0.25, -0.2) is 4.79 Å². The molecule has 4 nitrogen and oxygen atoms in total. The van der Waals surface area contributed by atoms with Crippen LogP contribution in [0.5, 0.6) is 0 Å². The first-order valence-electron chi connectivity index (χ1n) is 9.83. The van der Waals surface area contributed by atoms with Crippen LogP contribution in [0.3, 0.4) is 0 Å². The molecule has 1 aliphatic carbocycles. The molecule has 0 spiro atoms. The molecule has 0 saturated heterocycles. The average Bonchev–Trinajstić information content (AvgIpc) is 2.60. The van der Waals surface area contributed by atoms with Gasteiger partial charge < -0.3 is 10.6 Å². The number of benzene rings is 1. The second-order valence-electron chi connectivity index (χ2n) is 8.67. The van der Waals surface area contributed by atoms with Crippen LogP contribution < -0.4 is 10.6 Å². The van der Waals surface area contributed by atoms with Crippen LogP contribution in [0, 0.1) is 5.92 Å². The van der Waals surface area contributed by atoms with E-state index in [0.29, 0.717) is 24.3 Å². The van der Waals surface area contributed by atoms with Gasteiger partial charge in [0.2, 0.25) is 0 Å². The normalized spacial score (nSPS) is 21.5. The molecule has 0 radical (unpaired) electrons. The molecular weight excluding hydrogens is 446 g/mol. The Morgan fingerprint density at radius 1 is 0.968 bits per heavy atom. The maximum Gasteiger partial charge on any atom is 0.416 e. The molecule has 0 aromatic heterocycles. The molecule has 0 heterocycles. The summed E-state index contributed by atoms with van der Waals surface area (Å²) in [5.41, 5.74) is -3.62. The van der Waals surface area contributed by atoms with E-state index in [4.69, 9.17) is 0 Å². The van der Waals surface area contributed by atoms with Crippen molar-refractivity contribution < 1.29 is 35.3 Å². The lowest BCUT2D eigenvalue weighted by molar-refractivity contribution is -0.143. The summed E-state index contributed by atoms with van der Waals surface area (Å²) in [7, 11) is -1.16. The second-order valence-corrected chi connectivity index (χ2v) is 10.9.